The van der Waals surface area contributed by atoms with Crippen LogP contribution in [0.4, 0.5) is 5.69 Å². The van der Waals surface area contributed by atoms with E-state index in [4.69, 9.17) is 16.3 Å². The number of aryl methyl sites for hydroxylation is 3. The van der Waals surface area contributed by atoms with Gasteiger partial charge in [-0.05, 0) is 74.4 Å². The van der Waals surface area contributed by atoms with Crippen LogP contribution in [-0.4, -0.2) is 25.9 Å². The van der Waals surface area contributed by atoms with Crippen LogP contribution in [0.15, 0.2) is 66.7 Å². The van der Waals surface area contributed by atoms with Crippen molar-refractivity contribution in [3.05, 3.63) is 88.7 Å². The minimum Gasteiger partial charge on any atom is -0.438 e. The van der Waals surface area contributed by atoms with Crippen molar-refractivity contribution in [3.63, 3.8) is 0 Å². The molecule has 1 amide bonds. The molecule has 0 fully saturated rings. The summed E-state index contributed by atoms with van der Waals surface area (Å²) in [5.74, 6) is 1.52. The summed E-state index contributed by atoms with van der Waals surface area (Å²) in [5.41, 5.74) is 3.62. The molecule has 0 saturated carbocycles. The molecule has 2 aromatic heterocycles. The highest BCUT2D eigenvalue weighted by Crippen LogP contribution is 2.22. The smallest absolute Gasteiger partial charge is 0.238 e. The van der Waals surface area contributed by atoms with Gasteiger partial charge in [-0.3, -0.25) is 4.79 Å². The third kappa shape index (κ3) is 5.50. The molecule has 0 aliphatic carbocycles. The third-order valence-electron chi connectivity index (χ3n) is 4.74. The number of nitrogens with zero attached hydrogens (tertiary/aromatic N) is 4. The average Bonchev–Trinajstić information content (AvgIpc) is 3.12. The number of nitrogens with one attached hydrogen (secondary N) is 1. The van der Waals surface area contributed by atoms with Crippen molar-refractivity contribution < 1.29 is 9.53 Å². The van der Waals surface area contributed by atoms with Gasteiger partial charge in [0.05, 0.1) is 5.69 Å². The molecule has 0 saturated heterocycles. The summed E-state index contributed by atoms with van der Waals surface area (Å²) in [6.45, 7) is 3.89. The monoisotopic (exact) mass is 447 g/mol. The van der Waals surface area contributed by atoms with Crippen molar-refractivity contribution >= 4 is 23.2 Å². The highest BCUT2D eigenvalue weighted by molar-refractivity contribution is 6.30. The minimum absolute atomic E-state index is 0.0655. The Hall–Kier alpha value is -3.71. The zero-order chi connectivity index (χ0) is 22.5. The van der Waals surface area contributed by atoms with Crippen molar-refractivity contribution in [1.29, 1.82) is 0 Å². The average molecular weight is 448 g/mol. The summed E-state index contributed by atoms with van der Waals surface area (Å²) in [6.07, 6.45) is 0.996. The van der Waals surface area contributed by atoms with E-state index in [1.807, 2.05) is 44.2 Å². The summed E-state index contributed by atoms with van der Waals surface area (Å²) >= 11 is 5.98. The quantitative estimate of drug-likeness (QED) is 0.416. The molecular formula is C24H22ClN5O2. The second kappa shape index (κ2) is 9.62. The molecule has 0 radical (unpaired) electrons. The first-order valence-electron chi connectivity index (χ1n) is 10.2. The summed E-state index contributed by atoms with van der Waals surface area (Å²) in [4.78, 5) is 12.2. The van der Waals surface area contributed by atoms with E-state index in [2.05, 4.69) is 20.6 Å². The van der Waals surface area contributed by atoms with Crippen molar-refractivity contribution in [2.45, 2.75) is 26.7 Å². The van der Waals surface area contributed by atoms with E-state index in [9.17, 15) is 4.79 Å². The number of hydrogen-bond donors (Lipinski definition) is 1. The van der Waals surface area contributed by atoms with Crippen LogP contribution < -0.4 is 10.1 Å². The lowest BCUT2D eigenvalue weighted by Gasteiger charge is -2.08. The van der Waals surface area contributed by atoms with Gasteiger partial charge in [0.25, 0.3) is 0 Å². The molecule has 4 rings (SSSR count). The molecule has 0 spiro atoms. The van der Waals surface area contributed by atoms with Gasteiger partial charge in [0, 0.05) is 28.9 Å². The molecular weight excluding hydrogens is 426 g/mol. The van der Waals surface area contributed by atoms with E-state index in [0.717, 1.165) is 17.0 Å². The maximum Gasteiger partial charge on any atom is 0.238 e. The SMILES string of the molecule is Cc1cc(C)n(-c2ccc(Oc3ccc(NC(=O)CCc4cccc(Cl)c4)cc3)nn2)n1. The number of amides is 1. The second-order valence-corrected chi connectivity index (χ2v) is 7.81. The van der Waals surface area contributed by atoms with E-state index in [1.165, 1.54) is 0 Å². The van der Waals surface area contributed by atoms with Crippen molar-refractivity contribution in [2.75, 3.05) is 5.32 Å². The van der Waals surface area contributed by atoms with Gasteiger partial charge in [-0.15, -0.1) is 10.2 Å². The maximum atomic E-state index is 12.2. The van der Waals surface area contributed by atoms with Crippen LogP contribution in [0, 0.1) is 13.8 Å². The fourth-order valence-electron chi connectivity index (χ4n) is 3.24. The van der Waals surface area contributed by atoms with Gasteiger partial charge in [0.1, 0.15) is 5.75 Å². The van der Waals surface area contributed by atoms with Gasteiger partial charge >= 0.3 is 0 Å². The Labute approximate surface area is 191 Å². The number of hydrogen-bond acceptors (Lipinski definition) is 5. The zero-order valence-corrected chi connectivity index (χ0v) is 18.5. The van der Waals surface area contributed by atoms with E-state index in [1.54, 1.807) is 41.1 Å². The highest BCUT2D eigenvalue weighted by Gasteiger charge is 2.08. The van der Waals surface area contributed by atoms with Crippen LogP contribution in [0.2, 0.25) is 5.02 Å². The topological polar surface area (TPSA) is 81.9 Å². The van der Waals surface area contributed by atoms with Gasteiger partial charge in [0.2, 0.25) is 11.8 Å². The predicted octanol–water partition coefficient (Wildman–Crippen LogP) is 5.30. The van der Waals surface area contributed by atoms with Crippen LogP contribution in [0.1, 0.15) is 23.4 Å². The number of carbonyl (C=O) groups excluding carboxylic acids is 1. The van der Waals surface area contributed by atoms with Gasteiger partial charge < -0.3 is 10.1 Å². The first-order valence-corrected chi connectivity index (χ1v) is 10.5. The van der Waals surface area contributed by atoms with Gasteiger partial charge in [-0.25, -0.2) is 4.68 Å². The van der Waals surface area contributed by atoms with Crippen LogP contribution in [0.25, 0.3) is 5.82 Å². The maximum absolute atomic E-state index is 12.2. The standard InChI is InChI=1S/C24H22ClN5O2/c1-16-14-17(2)30(29-16)22-11-13-24(28-27-22)32-21-9-7-20(8-10-21)26-23(31)12-6-18-4-3-5-19(25)15-18/h3-5,7-11,13-15H,6,12H2,1-2H3,(H,26,31). The fraction of sp³-hybridized carbons (Fsp3) is 0.167. The molecule has 4 aromatic rings. The first-order chi connectivity index (χ1) is 15.5. The molecule has 7 nitrogen and oxygen atoms in total. The molecule has 32 heavy (non-hydrogen) atoms. The fourth-order valence-corrected chi connectivity index (χ4v) is 3.45. The largest absolute Gasteiger partial charge is 0.438 e. The van der Waals surface area contributed by atoms with Crippen LogP contribution in [-0.2, 0) is 11.2 Å². The molecule has 0 aliphatic heterocycles. The Morgan fingerprint density at radius 3 is 2.50 bits per heavy atom. The number of rotatable bonds is 7. The van der Waals surface area contributed by atoms with E-state index in [-0.39, 0.29) is 5.91 Å². The lowest BCUT2D eigenvalue weighted by Crippen LogP contribution is -2.12. The van der Waals surface area contributed by atoms with E-state index in [0.29, 0.717) is 41.0 Å². The van der Waals surface area contributed by atoms with Crippen LogP contribution in [0.5, 0.6) is 11.6 Å². The number of halogens is 1. The first kappa shape index (κ1) is 21.5. The van der Waals surface area contributed by atoms with Gasteiger partial charge in [-0.1, -0.05) is 23.7 Å². The molecule has 0 aliphatic rings. The Morgan fingerprint density at radius 1 is 1.03 bits per heavy atom. The normalized spacial score (nSPS) is 10.7. The Morgan fingerprint density at radius 2 is 1.84 bits per heavy atom. The van der Waals surface area contributed by atoms with E-state index >= 15 is 0 Å². The lowest BCUT2D eigenvalue weighted by molar-refractivity contribution is -0.116. The number of aromatic nitrogens is 4. The number of carbonyl (C=O) groups is 1. The zero-order valence-electron chi connectivity index (χ0n) is 17.7. The van der Waals surface area contributed by atoms with Crippen LogP contribution >= 0.6 is 11.6 Å². The van der Waals surface area contributed by atoms with Gasteiger partial charge in [0.15, 0.2) is 5.82 Å². The predicted molar refractivity (Wildman–Crippen MR) is 124 cm³/mol. The molecule has 0 unspecified atom stereocenters. The molecule has 0 atom stereocenters. The summed E-state index contributed by atoms with van der Waals surface area (Å²) in [6, 6.07) is 20.1. The molecule has 2 heterocycles. The molecule has 2 aromatic carbocycles. The van der Waals surface area contributed by atoms with Crippen molar-refractivity contribution in [2.24, 2.45) is 0 Å². The number of anilines is 1. The highest BCUT2D eigenvalue weighted by atomic mass is 35.5. The summed E-state index contributed by atoms with van der Waals surface area (Å²) in [7, 11) is 0. The van der Waals surface area contributed by atoms with Gasteiger partial charge in [-0.2, -0.15) is 5.10 Å². The van der Waals surface area contributed by atoms with Crippen LogP contribution in [0.3, 0.4) is 0 Å². The Balaban J connectivity index is 1.31. The number of ether oxygens (including phenoxy) is 1. The molecule has 0 bridgehead atoms. The summed E-state index contributed by atoms with van der Waals surface area (Å²) < 4.78 is 7.48. The van der Waals surface area contributed by atoms with E-state index < -0.39 is 0 Å². The second-order valence-electron chi connectivity index (χ2n) is 7.37. The van der Waals surface area contributed by atoms with Crippen molar-refractivity contribution in [3.8, 4) is 17.4 Å². The molecule has 162 valence electrons. The lowest BCUT2D eigenvalue weighted by atomic mass is 10.1. The Bertz CT molecular complexity index is 1220. The minimum atomic E-state index is -0.0655. The number of benzene rings is 2. The molecule has 8 heteroatoms. The third-order valence-corrected chi connectivity index (χ3v) is 4.98. The van der Waals surface area contributed by atoms with Crippen molar-refractivity contribution in [1.82, 2.24) is 20.0 Å². The Kier molecular flexibility index (Phi) is 6.47. The molecule has 1 N–H and O–H groups in total. The summed E-state index contributed by atoms with van der Waals surface area (Å²) in [5, 5.41) is 16.3.